The highest BCUT2D eigenvalue weighted by atomic mass is 19.1. The maximum absolute atomic E-state index is 13.0. The molecule has 0 heterocycles. The molecule has 5 N–H and O–H groups in total. The number of rotatable bonds is 1. The van der Waals surface area contributed by atoms with Crippen molar-refractivity contribution in [1.82, 2.24) is 5.43 Å². The highest BCUT2D eigenvalue weighted by Crippen LogP contribution is 2.09. The molecule has 1 aromatic rings. The topological polar surface area (TPSA) is 76.4 Å². The van der Waals surface area contributed by atoms with Crippen LogP contribution in [0, 0.1) is 11.6 Å². The van der Waals surface area contributed by atoms with Gasteiger partial charge in [-0.3, -0.25) is 0 Å². The van der Waals surface area contributed by atoms with Crippen LogP contribution in [0.2, 0.25) is 0 Å². The zero-order valence-corrected chi connectivity index (χ0v) is 6.59. The number of amidine groups is 1. The Kier molecular flexibility index (Phi) is 2.76. The largest absolute Gasteiger partial charge is 0.321 e. The van der Waals surface area contributed by atoms with E-state index in [1.54, 1.807) is 0 Å². The van der Waals surface area contributed by atoms with Gasteiger partial charge in [-0.2, -0.15) is 5.10 Å². The van der Waals surface area contributed by atoms with E-state index in [2.05, 4.69) is 10.5 Å². The predicted octanol–water partition coefficient (Wildman–Crippen LogP) is 0.0484. The van der Waals surface area contributed by atoms with E-state index in [1.807, 2.05) is 0 Å². The molecule has 0 unspecified atom stereocenters. The van der Waals surface area contributed by atoms with Crippen molar-refractivity contribution in [2.75, 3.05) is 0 Å². The smallest absolute Gasteiger partial charge is 0.169 e. The van der Waals surface area contributed by atoms with E-state index in [9.17, 15) is 8.78 Å². The van der Waals surface area contributed by atoms with Gasteiger partial charge in [0.05, 0.1) is 5.56 Å². The van der Waals surface area contributed by atoms with Crippen LogP contribution in [0.1, 0.15) is 5.56 Å². The lowest BCUT2D eigenvalue weighted by molar-refractivity contribution is 0.597. The fourth-order valence-corrected chi connectivity index (χ4v) is 0.864. The van der Waals surface area contributed by atoms with E-state index in [4.69, 9.17) is 11.7 Å². The summed E-state index contributed by atoms with van der Waals surface area (Å²) in [5, 5.41) is 3.15. The van der Waals surface area contributed by atoms with Crippen LogP contribution in [-0.2, 0) is 0 Å². The minimum absolute atomic E-state index is 0.106. The molecule has 0 aromatic heterocycles. The molecule has 4 nitrogen and oxygen atoms in total. The summed E-state index contributed by atoms with van der Waals surface area (Å²) >= 11 is 0. The van der Waals surface area contributed by atoms with Crippen LogP contribution in [0.5, 0.6) is 0 Å². The van der Waals surface area contributed by atoms with Gasteiger partial charge in [0.2, 0.25) is 0 Å². The first-order valence-corrected chi connectivity index (χ1v) is 3.39. The van der Waals surface area contributed by atoms with Gasteiger partial charge in [0.25, 0.3) is 0 Å². The molecule has 13 heavy (non-hydrogen) atoms. The van der Waals surface area contributed by atoms with Gasteiger partial charge in [0.1, 0.15) is 11.6 Å². The summed E-state index contributed by atoms with van der Waals surface area (Å²) in [4.78, 5) is 0. The second kappa shape index (κ2) is 3.81. The molecule has 0 atom stereocenters. The third-order valence-corrected chi connectivity index (χ3v) is 1.45. The average Bonchev–Trinajstić information content (AvgIpc) is 2.13. The van der Waals surface area contributed by atoms with Gasteiger partial charge in [-0.25, -0.2) is 14.6 Å². The fraction of sp³-hybridized carbons (Fsp3) is 0. The van der Waals surface area contributed by atoms with Gasteiger partial charge < -0.3 is 11.3 Å². The number of nitrogens with two attached hydrogens (primary N) is 2. The first-order valence-electron chi connectivity index (χ1n) is 3.39. The molecule has 0 amide bonds. The molecule has 0 aliphatic heterocycles. The number of nitrogens with zero attached hydrogens (tertiary/aromatic N) is 1. The van der Waals surface area contributed by atoms with Gasteiger partial charge in [-0.15, -0.1) is 0 Å². The van der Waals surface area contributed by atoms with Crippen LogP contribution in [0.15, 0.2) is 23.3 Å². The van der Waals surface area contributed by atoms with Gasteiger partial charge in [-0.1, -0.05) is 0 Å². The molecule has 70 valence electrons. The first kappa shape index (κ1) is 9.40. The van der Waals surface area contributed by atoms with Crippen LogP contribution >= 0.6 is 0 Å². The Morgan fingerprint density at radius 2 is 2.08 bits per heavy atom. The van der Waals surface area contributed by atoms with Crippen molar-refractivity contribution in [2.24, 2.45) is 16.8 Å². The molecule has 0 saturated carbocycles. The number of nitrogens with one attached hydrogen (secondary N) is 1. The molecule has 0 saturated heterocycles. The van der Waals surface area contributed by atoms with Crippen molar-refractivity contribution < 1.29 is 8.78 Å². The monoisotopic (exact) mass is 186 g/mol. The van der Waals surface area contributed by atoms with E-state index >= 15 is 0 Å². The second-order valence-corrected chi connectivity index (χ2v) is 2.25. The quantitative estimate of drug-likeness (QED) is 0.251. The molecule has 0 spiro atoms. The third kappa shape index (κ3) is 1.91. The molecule has 0 bridgehead atoms. The number of hydrogen-bond donors (Lipinski definition) is 3. The summed E-state index contributed by atoms with van der Waals surface area (Å²) in [5.74, 6) is 8.52. The Bertz CT molecular complexity index is 337. The lowest BCUT2D eigenvalue weighted by Gasteiger charge is -2.04. The van der Waals surface area contributed by atoms with Crippen molar-refractivity contribution in [3.63, 3.8) is 0 Å². The van der Waals surface area contributed by atoms with E-state index < -0.39 is 11.6 Å². The average molecular weight is 186 g/mol. The maximum Gasteiger partial charge on any atom is 0.169 e. The zero-order chi connectivity index (χ0) is 9.84. The predicted molar refractivity (Wildman–Crippen MR) is 44.4 cm³/mol. The summed E-state index contributed by atoms with van der Waals surface area (Å²) in [6.45, 7) is 0. The second-order valence-electron chi connectivity index (χ2n) is 2.25. The minimum atomic E-state index is -0.649. The Hall–Kier alpha value is -1.69. The Labute approximate surface area is 73.2 Å². The van der Waals surface area contributed by atoms with E-state index in [0.717, 1.165) is 18.2 Å². The number of hydrazine groups is 1. The third-order valence-electron chi connectivity index (χ3n) is 1.45. The Balaban J connectivity index is 3.19. The highest BCUT2D eigenvalue weighted by Gasteiger charge is 2.09. The summed E-state index contributed by atoms with van der Waals surface area (Å²) in [7, 11) is 0. The molecule has 1 aromatic carbocycles. The molecule has 0 fully saturated rings. The number of halogens is 2. The van der Waals surface area contributed by atoms with Crippen molar-refractivity contribution in [1.29, 1.82) is 0 Å². The van der Waals surface area contributed by atoms with Crippen molar-refractivity contribution >= 4 is 5.84 Å². The van der Waals surface area contributed by atoms with Crippen LogP contribution in [0.4, 0.5) is 8.78 Å². The Morgan fingerprint density at radius 3 is 2.62 bits per heavy atom. The van der Waals surface area contributed by atoms with E-state index in [1.165, 1.54) is 0 Å². The summed E-state index contributed by atoms with van der Waals surface area (Å²) in [5.41, 5.74) is 1.95. The fourth-order valence-electron chi connectivity index (χ4n) is 0.864. The minimum Gasteiger partial charge on any atom is -0.321 e. The summed E-state index contributed by atoms with van der Waals surface area (Å²) < 4.78 is 25.6. The number of hydrazone groups is 1. The maximum atomic E-state index is 13.0. The standard InChI is InChI=1S/C7H8F2N4/c8-4-1-2-6(9)5(3-4)7(12-10)13-11/h1-3H,10-11H2,(H,12,13). The normalized spacial score (nSPS) is 11.5. The molecular weight excluding hydrogens is 178 g/mol. The first-order chi connectivity index (χ1) is 6.19. The Morgan fingerprint density at radius 1 is 1.38 bits per heavy atom. The van der Waals surface area contributed by atoms with Crippen molar-refractivity contribution in [3.05, 3.63) is 35.4 Å². The lowest BCUT2D eigenvalue weighted by atomic mass is 10.2. The molecule has 0 aliphatic carbocycles. The van der Waals surface area contributed by atoms with Gasteiger partial charge in [0.15, 0.2) is 5.84 Å². The molecule has 1 rings (SSSR count). The van der Waals surface area contributed by atoms with Crippen molar-refractivity contribution in [2.45, 2.75) is 0 Å². The zero-order valence-electron chi connectivity index (χ0n) is 6.59. The van der Waals surface area contributed by atoms with Crippen LogP contribution in [0.3, 0.4) is 0 Å². The highest BCUT2D eigenvalue weighted by molar-refractivity contribution is 5.98. The molecule has 0 aliphatic rings. The van der Waals surface area contributed by atoms with E-state index in [-0.39, 0.29) is 11.4 Å². The summed E-state index contributed by atoms with van der Waals surface area (Å²) in [6.07, 6.45) is 0. The lowest BCUT2D eigenvalue weighted by Crippen LogP contribution is -2.32. The number of benzene rings is 1. The number of hydrogen-bond acceptors (Lipinski definition) is 3. The van der Waals surface area contributed by atoms with Gasteiger partial charge >= 0.3 is 0 Å². The SMILES string of the molecule is N/N=C(\NN)c1cc(F)ccc1F. The van der Waals surface area contributed by atoms with Crippen LogP contribution in [0.25, 0.3) is 0 Å². The summed E-state index contributed by atoms with van der Waals surface area (Å²) in [6, 6.07) is 2.90. The molecule has 6 heteroatoms. The van der Waals surface area contributed by atoms with Crippen LogP contribution < -0.4 is 17.1 Å². The van der Waals surface area contributed by atoms with Gasteiger partial charge in [-0.05, 0) is 18.2 Å². The van der Waals surface area contributed by atoms with E-state index in [0.29, 0.717) is 0 Å². The van der Waals surface area contributed by atoms with Crippen molar-refractivity contribution in [3.8, 4) is 0 Å². The van der Waals surface area contributed by atoms with Crippen LogP contribution in [-0.4, -0.2) is 5.84 Å². The molecule has 0 radical (unpaired) electrons. The van der Waals surface area contributed by atoms with Gasteiger partial charge in [0, 0.05) is 0 Å². The molecular formula is C7H8F2N4.